The first-order valence-electron chi connectivity index (χ1n) is 4.13. The van der Waals surface area contributed by atoms with Crippen molar-refractivity contribution in [2.45, 2.75) is 26.4 Å². The summed E-state index contributed by atoms with van der Waals surface area (Å²) in [6.45, 7) is 4.49. The minimum absolute atomic E-state index is 0.333. The van der Waals surface area contributed by atoms with Crippen molar-refractivity contribution in [2.24, 2.45) is 0 Å². The van der Waals surface area contributed by atoms with Crippen molar-refractivity contribution in [3.05, 3.63) is 28.3 Å². The van der Waals surface area contributed by atoms with Crippen molar-refractivity contribution in [2.75, 3.05) is 0 Å². The minimum Gasteiger partial charge on any atom is -0.502 e. The molecule has 1 aromatic heterocycles. The predicted molar refractivity (Wildman–Crippen MR) is 48.6 cm³/mol. The van der Waals surface area contributed by atoms with E-state index in [0.717, 1.165) is 6.26 Å². The lowest BCUT2D eigenvalue weighted by atomic mass is 10.3. The van der Waals surface area contributed by atoms with E-state index in [1.807, 2.05) is 13.8 Å². The van der Waals surface area contributed by atoms with E-state index in [2.05, 4.69) is 5.32 Å². The molecule has 0 amide bonds. The third-order valence-electron chi connectivity index (χ3n) is 1.55. The summed E-state index contributed by atoms with van der Waals surface area (Å²) in [5.41, 5.74) is -0.410. The maximum absolute atomic E-state index is 10.9. The first-order valence-corrected chi connectivity index (χ1v) is 4.13. The summed E-state index contributed by atoms with van der Waals surface area (Å²) in [6.07, 6.45) is 1.06. The van der Waals surface area contributed by atoms with Crippen LogP contribution in [0.4, 0.5) is 0 Å². The van der Waals surface area contributed by atoms with Crippen LogP contribution >= 0.6 is 0 Å². The second-order valence-electron chi connectivity index (χ2n) is 3.13. The minimum atomic E-state index is -0.410. The Labute approximate surface area is 76.2 Å². The van der Waals surface area contributed by atoms with E-state index in [4.69, 9.17) is 9.52 Å². The van der Waals surface area contributed by atoms with Gasteiger partial charge in [-0.3, -0.25) is 4.79 Å². The maximum Gasteiger partial charge on any atom is 0.226 e. The lowest BCUT2D eigenvalue weighted by Crippen LogP contribution is -2.22. The van der Waals surface area contributed by atoms with Crippen LogP contribution < -0.4 is 10.7 Å². The number of rotatable bonds is 3. The molecule has 72 valence electrons. The predicted octanol–water partition coefficient (Wildman–Crippen LogP) is 0.843. The molecule has 0 unspecified atom stereocenters. The van der Waals surface area contributed by atoms with E-state index in [9.17, 15) is 4.79 Å². The van der Waals surface area contributed by atoms with Crippen molar-refractivity contribution >= 4 is 0 Å². The van der Waals surface area contributed by atoms with Gasteiger partial charge in [0.2, 0.25) is 5.43 Å². The van der Waals surface area contributed by atoms with Crippen molar-refractivity contribution in [3.63, 3.8) is 0 Å². The Bertz CT molecular complexity index is 330. The van der Waals surface area contributed by atoms with Crippen LogP contribution in [-0.4, -0.2) is 11.1 Å². The Morgan fingerprint density at radius 2 is 2.31 bits per heavy atom. The molecule has 0 fully saturated rings. The fourth-order valence-electron chi connectivity index (χ4n) is 0.841. The van der Waals surface area contributed by atoms with Gasteiger partial charge in [0.25, 0.3) is 0 Å². The molecule has 0 spiro atoms. The van der Waals surface area contributed by atoms with Gasteiger partial charge in [0.05, 0.1) is 6.54 Å². The Hall–Kier alpha value is -1.29. The number of hydrogen-bond donors (Lipinski definition) is 2. The average Bonchev–Trinajstić information content (AvgIpc) is 2.07. The van der Waals surface area contributed by atoms with Crippen LogP contribution in [0.2, 0.25) is 0 Å². The van der Waals surface area contributed by atoms with Crippen LogP contribution in [0.5, 0.6) is 5.75 Å². The molecular formula is C9H13NO3. The average molecular weight is 183 g/mol. The Morgan fingerprint density at radius 1 is 1.62 bits per heavy atom. The van der Waals surface area contributed by atoms with Crippen LogP contribution in [0.25, 0.3) is 0 Å². The van der Waals surface area contributed by atoms with E-state index in [1.165, 1.54) is 6.07 Å². The van der Waals surface area contributed by atoms with Crippen molar-refractivity contribution in [1.29, 1.82) is 0 Å². The summed E-state index contributed by atoms with van der Waals surface area (Å²) in [7, 11) is 0. The molecule has 0 saturated heterocycles. The monoisotopic (exact) mass is 183 g/mol. The van der Waals surface area contributed by atoms with Crippen molar-refractivity contribution in [1.82, 2.24) is 5.32 Å². The summed E-state index contributed by atoms with van der Waals surface area (Å²) >= 11 is 0. The number of aromatic hydroxyl groups is 1. The molecule has 0 radical (unpaired) electrons. The van der Waals surface area contributed by atoms with E-state index in [1.54, 1.807) is 0 Å². The molecule has 1 aromatic rings. The fourth-order valence-corrected chi connectivity index (χ4v) is 0.841. The zero-order valence-corrected chi connectivity index (χ0v) is 7.70. The molecule has 4 heteroatoms. The van der Waals surface area contributed by atoms with Crippen LogP contribution in [0, 0.1) is 0 Å². The van der Waals surface area contributed by atoms with Gasteiger partial charge in [-0.1, -0.05) is 13.8 Å². The molecule has 0 aromatic carbocycles. The van der Waals surface area contributed by atoms with Gasteiger partial charge in [0, 0.05) is 12.1 Å². The number of hydrogen-bond acceptors (Lipinski definition) is 4. The molecule has 0 saturated carbocycles. The quantitative estimate of drug-likeness (QED) is 0.729. The van der Waals surface area contributed by atoms with Crippen LogP contribution in [0.3, 0.4) is 0 Å². The Balaban J connectivity index is 2.69. The van der Waals surface area contributed by atoms with Gasteiger partial charge in [-0.2, -0.15) is 0 Å². The van der Waals surface area contributed by atoms with Crippen molar-refractivity contribution < 1.29 is 9.52 Å². The van der Waals surface area contributed by atoms with Gasteiger partial charge in [0.1, 0.15) is 12.0 Å². The highest BCUT2D eigenvalue weighted by Gasteiger charge is 2.01. The standard InChI is InChI=1S/C9H13NO3/c1-6(2)10-4-7-3-8(11)9(12)5-13-7/h3,5-6,10,12H,4H2,1-2H3. The van der Waals surface area contributed by atoms with E-state index < -0.39 is 5.43 Å². The molecule has 1 heterocycles. The zero-order chi connectivity index (χ0) is 9.84. The van der Waals surface area contributed by atoms with Crippen LogP contribution in [0.15, 0.2) is 21.5 Å². The summed E-state index contributed by atoms with van der Waals surface area (Å²) in [5.74, 6) is 0.171. The van der Waals surface area contributed by atoms with Crippen LogP contribution in [0.1, 0.15) is 19.6 Å². The third kappa shape index (κ3) is 2.91. The molecule has 0 atom stereocenters. The van der Waals surface area contributed by atoms with Gasteiger partial charge >= 0.3 is 0 Å². The van der Waals surface area contributed by atoms with E-state index >= 15 is 0 Å². The fraction of sp³-hybridized carbons (Fsp3) is 0.444. The maximum atomic E-state index is 10.9. The van der Waals surface area contributed by atoms with Gasteiger partial charge in [-0.25, -0.2) is 0 Å². The number of nitrogens with one attached hydrogen (secondary N) is 1. The molecule has 0 aliphatic rings. The highest BCUT2D eigenvalue weighted by molar-refractivity contribution is 5.15. The summed E-state index contributed by atoms with van der Waals surface area (Å²) in [6, 6.07) is 1.61. The third-order valence-corrected chi connectivity index (χ3v) is 1.55. The zero-order valence-electron chi connectivity index (χ0n) is 7.70. The highest BCUT2D eigenvalue weighted by Crippen LogP contribution is 2.02. The lowest BCUT2D eigenvalue weighted by molar-refractivity contribution is 0.401. The normalized spacial score (nSPS) is 10.7. The van der Waals surface area contributed by atoms with Crippen molar-refractivity contribution in [3.8, 4) is 5.75 Å². The summed E-state index contributed by atoms with van der Waals surface area (Å²) < 4.78 is 4.98. The first-order chi connectivity index (χ1) is 6.09. The molecule has 1 rings (SSSR count). The molecule has 2 N–H and O–H groups in total. The summed E-state index contributed by atoms with van der Waals surface area (Å²) in [5, 5.41) is 12.0. The van der Waals surface area contributed by atoms with Gasteiger partial charge in [0.15, 0.2) is 5.75 Å². The second-order valence-corrected chi connectivity index (χ2v) is 3.13. The SMILES string of the molecule is CC(C)NCc1cc(=O)c(O)co1. The molecule has 0 aliphatic carbocycles. The molecule has 4 nitrogen and oxygen atoms in total. The second kappa shape index (κ2) is 4.09. The molecule has 13 heavy (non-hydrogen) atoms. The van der Waals surface area contributed by atoms with Gasteiger partial charge in [-0.05, 0) is 0 Å². The van der Waals surface area contributed by atoms with Crippen LogP contribution in [-0.2, 0) is 6.54 Å². The van der Waals surface area contributed by atoms with Gasteiger partial charge < -0.3 is 14.8 Å². The topological polar surface area (TPSA) is 62.5 Å². The molecular weight excluding hydrogens is 170 g/mol. The largest absolute Gasteiger partial charge is 0.502 e. The molecule has 0 aliphatic heterocycles. The highest BCUT2D eigenvalue weighted by atomic mass is 16.4. The summed E-state index contributed by atoms with van der Waals surface area (Å²) in [4.78, 5) is 10.9. The van der Waals surface area contributed by atoms with E-state index in [-0.39, 0.29) is 5.75 Å². The molecule has 0 bridgehead atoms. The first kappa shape index (κ1) is 9.80. The Morgan fingerprint density at radius 3 is 2.85 bits per heavy atom. The van der Waals surface area contributed by atoms with Gasteiger partial charge in [-0.15, -0.1) is 0 Å². The lowest BCUT2D eigenvalue weighted by Gasteiger charge is -2.06. The van der Waals surface area contributed by atoms with E-state index in [0.29, 0.717) is 18.3 Å². The smallest absolute Gasteiger partial charge is 0.226 e. The Kier molecular flexibility index (Phi) is 3.08.